The van der Waals surface area contributed by atoms with E-state index in [0.717, 1.165) is 19.6 Å². The number of nitrogens with one attached hydrogen (secondary N) is 1. The van der Waals surface area contributed by atoms with Gasteiger partial charge in [-0.25, -0.2) is 0 Å². The number of nitrogens with zero attached hydrogens (tertiary/aromatic N) is 1. The molecule has 0 unspecified atom stereocenters. The van der Waals surface area contributed by atoms with Crippen molar-refractivity contribution in [2.75, 3.05) is 25.0 Å². The standard InChI is InChI=1S/C15H26N2/c1-6-17(5)15-9-7-8-14(13(15)4)11-16-10-12(2)3/h7-9,12,16H,6,10-11H2,1-5H3. The molecule has 0 fully saturated rings. The number of rotatable bonds is 6. The van der Waals surface area contributed by atoms with Gasteiger partial charge in [-0.1, -0.05) is 26.0 Å². The third-order valence-electron chi connectivity index (χ3n) is 3.17. The predicted molar refractivity (Wildman–Crippen MR) is 76.7 cm³/mol. The highest BCUT2D eigenvalue weighted by Gasteiger charge is 2.06. The second-order valence-corrected chi connectivity index (χ2v) is 5.10. The van der Waals surface area contributed by atoms with Gasteiger partial charge in [0.1, 0.15) is 0 Å². The lowest BCUT2D eigenvalue weighted by Gasteiger charge is -2.21. The quantitative estimate of drug-likeness (QED) is 0.813. The van der Waals surface area contributed by atoms with Crippen LogP contribution in [0.2, 0.25) is 0 Å². The van der Waals surface area contributed by atoms with Crippen LogP contribution in [0.5, 0.6) is 0 Å². The van der Waals surface area contributed by atoms with E-state index in [9.17, 15) is 0 Å². The van der Waals surface area contributed by atoms with Gasteiger partial charge in [0.15, 0.2) is 0 Å². The van der Waals surface area contributed by atoms with Gasteiger partial charge >= 0.3 is 0 Å². The highest BCUT2D eigenvalue weighted by molar-refractivity contribution is 5.55. The van der Waals surface area contributed by atoms with Gasteiger partial charge in [0, 0.05) is 25.8 Å². The summed E-state index contributed by atoms with van der Waals surface area (Å²) >= 11 is 0. The molecule has 17 heavy (non-hydrogen) atoms. The Morgan fingerprint density at radius 3 is 2.59 bits per heavy atom. The minimum Gasteiger partial charge on any atom is -0.375 e. The van der Waals surface area contributed by atoms with E-state index >= 15 is 0 Å². The first kappa shape index (κ1) is 14.0. The van der Waals surface area contributed by atoms with Crippen LogP contribution in [-0.4, -0.2) is 20.1 Å². The smallest absolute Gasteiger partial charge is 0.0396 e. The van der Waals surface area contributed by atoms with Crippen molar-refractivity contribution in [2.45, 2.75) is 34.2 Å². The lowest BCUT2D eigenvalue weighted by Crippen LogP contribution is -2.21. The van der Waals surface area contributed by atoms with Crippen LogP contribution >= 0.6 is 0 Å². The number of hydrogen-bond donors (Lipinski definition) is 1. The SMILES string of the molecule is CCN(C)c1cccc(CNCC(C)C)c1C. The molecule has 0 aliphatic rings. The lowest BCUT2D eigenvalue weighted by atomic mass is 10.1. The summed E-state index contributed by atoms with van der Waals surface area (Å²) in [4.78, 5) is 2.29. The third kappa shape index (κ3) is 4.04. The molecule has 0 heterocycles. The molecular formula is C15H26N2. The molecule has 1 aromatic rings. The van der Waals surface area contributed by atoms with E-state index in [1.165, 1.54) is 16.8 Å². The molecule has 0 bridgehead atoms. The zero-order chi connectivity index (χ0) is 12.8. The molecule has 0 spiro atoms. The van der Waals surface area contributed by atoms with E-state index < -0.39 is 0 Å². The van der Waals surface area contributed by atoms with E-state index in [2.05, 4.69) is 63.2 Å². The minimum atomic E-state index is 0.705. The normalized spacial score (nSPS) is 10.9. The van der Waals surface area contributed by atoms with Crippen LogP contribution in [0.1, 0.15) is 31.9 Å². The molecule has 2 nitrogen and oxygen atoms in total. The predicted octanol–water partition coefficient (Wildman–Crippen LogP) is 3.20. The van der Waals surface area contributed by atoms with Gasteiger partial charge in [-0.15, -0.1) is 0 Å². The van der Waals surface area contributed by atoms with Crippen molar-refractivity contribution in [1.82, 2.24) is 5.32 Å². The number of hydrogen-bond acceptors (Lipinski definition) is 2. The molecule has 2 heteroatoms. The van der Waals surface area contributed by atoms with Crippen LogP contribution < -0.4 is 10.2 Å². The Bertz CT molecular complexity index is 345. The van der Waals surface area contributed by atoms with Crippen LogP contribution in [0.4, 0.5) is 5.69 Å². The third-order valence-corrected chi connectivity index (χ3v) is 3.17. The molecule has 1 rings (SSSR count). The fourth-order valence-corrected chi connectivity index (χ4v) is 1.94. The first-order chi connectivity index (χ1) is 8.06. The van der Waals surface area contributed by atoms with E-state index in [0.29, 0.717) is 5.92 Å². The number of anilines is 1. The van der Waals surface area contributed by atoms with E-state index in [4.69, 9.17) is 0 Å². The second-order valence-electron chi connectivity index (χ2n) is 5.10. The summed E-state index contributed by atoms with van der Waals surface area (Å²) in [5.41, 5.74) is 4.15. The zero-order valence-corrected chi connectivity index (χ0v) is 11.9. The Morgan fingerprint density at radius 2 is 2.00 bits per heavy atom. The van der Waals surface area contributed by atoms with Crippen molar-refractivity contribution >= 4 is 5.69 Å². The Balaban J connectivity index is 2.73. The van der Waals surface area contributed by atoms with Crippen LogP contribution in [0.3, 0.4) is 0 Å². The van der Waals surface area contributed by atoms with Crippen molar-refractivity contribution in [2.24, 2.45) is 5.92 Å². The van der Waals surface area contributed by atoms with Gasteiger partial charge in [0.05, 0.1) is 0 Å². The maximum atomic E-state index is 3.51. The fourth-order valence-electron chi connectivity index (χ4n) is 1.94. The van der Waals surface area contributed by atoms with Crippen LogP contribution in [0.25, 0.3) is 0 Å². The molecule has 0 amide bonds. The van der Waals surface area contributed by atoms with Gasteiger partial charge in [-0.05, 0) is 43.5 Å². The Morgan fingerprint density at radius 1 is 1.29 bits per heavy atom. The Hall–Kier alpha value is -1.02. The summed E-state index contributed by atoms with van der Waals surface area (Å²) in [5.74, 6) is 0.705. The first-order valence-electron chi connectivity index (χ1n) is 6.56. The summed E-state index contributed by atoms with van der Waals surface area (Å²) < 4.78 is 0. The van der Waals surface area contributed by atoms with Crippen molar-refractivity contribution in [3.63, 3.8) is 0 Å². The zero-order valence-electron chi connectivity index (χ0n) is 11.9. The van der Waals surface area contributed by atoms with Gasteiger partial charge in [0.2, 0.25) is 0 Å². The van der Waals surface area contributed by atoms with E-state index in [-0.39, 0.29) is 0 Å². The topological polar surface area (TPSA) is 15.3 Å². The molecule has 0 aliphatic heterocycles. The van der Waals surface area contributed by atoms with Crippen LogP contribution in [-0.2, 0) is 6.54 Å². The largest absolute Gasteiger partial charge is 0.375 e. The monoisotopic (exact) mass is 234 g/mol. The van der Waals surface area contributed by atoms with Crippen molar-refractivity contribution in [3.8, 4) is 0 Å². The Kier molecular flexibility index (Phi) is 5.49. The summed E-state index contributed by atoms with van der Waals surface area (Å²) in [5, 5.41) is 3.51. The molecule has 1 N–H and O–H groups in total. The van der Waals surface area contributed by atoms with Gasteiger partial charge in [-0.2, -0.15) is 0 Å². The maximum absolute atomic E-state index is 3.51. The fraction of sp³-hybridized carbons (Fsp3) is 0.600. The molecule has 0 aliphatic carbocycles. The van der Waals surface area contributed by atoms with Crippen molar-refractivity contribution in [1.29, 1.82) is 0 Å². The van der Waals surface area contributed by atoms with Gasteiger partial charge in [-0.3, -0.25) is 0 Å². The van der Waals surface area contributed by atoms with Gasteiger partial charge in [0.25, 0.3) is 0 Å². The summed E-state index contributed by atoms with van der Waals surface area (Å²) in [6.45, 7) is 12.0. The highest BCUT2D eigenvalue weighted by Crippen LogP contribution is 2.21. The van der Waals surface area contributed by atoms with E-state index in [1.807, 2.05) is 0 Å². The molecule has 0 saturated carbocycles. The molecule has 0 aromatic heterocycles. The van der Waals surface area contributed by atoms with Crippen LogP contribution in [0, 0.1) is 12.8 Å². The molecular weight excluding hydrogens is 208 g/mol. The van der Waals surface area contributed by atoms with Crippen molar-refractivity contribution in [3.05, 3.63) is 29.3 Å². The first-order valence-corrected chi connectivity index (χ1v) is 6.56. The molecule has 96 valence electrons. The Labute approximate surface area is 106 Å². The van der Waals surface area contributed by atoms with E-state index in [1.54, 1.807) is 0 Å². The molecule has 1 aromatic carbocycles. The van der Waals surface area contributed by atoms with Gasteiger partial charge < -0.3 is 10.2 Å². The average molecular weight is 234 g/mol. The highest BCUT2D eigenvalue weighted by atomic mass is 15.1. The average Bonchev–Trinajstić information content (AvgIpc) is 2.30. The summed E-state index contributed by atoms with van der Waals surface area (Å²) in [6, 6.07) is 6.57. The lowest BCUT2D eigenvalue weighted by molar-refractivity contribution is 0.551. The molecule has 0 atom stereocenters. The summed E-state index contributed by atoms with van der Waals surface area (Å²) in [7, 11) is 2.15. The second kappa shape index (κ2) is 6.65. The van der Waals surface area contributed by atoms with Crippen LogP contribution in [0.15, 0.2) is 18.2 Å². The summed E-state index contributed by atoms with van der Waals surface area (Å²) in [6.07, 6.45) is 0. The molecule has 0 saturated heterocycles. The maximum Gasteiger partial charge on any atom is 0.0396 e. The minimum absolute atomic E-state index is 0.705. The van der Waals surface area contributed by atoms with Crippen molar-refractivity contribution < 1.29 is 0 Å². The molecule has 0 radical (unpaired) electrons. The number of benzene rings is 1.